The van der Waals surface area contributed by atoms with E-state index in [1.54, 1.807) is 18.5 Å². The molecule has 0 aliphatic carbocycles. The molecule has 0 bridgehead atoms. The second-order valence-corrected chi connectivity index (χ2v) is 4.97. The van der Waals surface area contributed by atoms with Crippen molar-refractivity contribution in [3.8, 4) is 0 Å². The molecule has 1 saturated heterocycles. The molecule has 114 valence electrons. The van der Waals surface area contributed by atoms with E-state index in [9.17, 15) is 4.79 Å². The van der Waals surface area contributed by atoms with Crippen LogP contribution in [0.1, 0.15) is 24.8 Å². The number of carbonyl (C=O) groups excluding carboxylic acids is 1. The van der Waals surface area contributed by atoms with Crippen molar-refractivity contribution >= 4 is 12.0 Å². The lowest BCUT2D eigenvalue weighted by atomic mass is 10.2. The highest BCUT2D eigenvalue weighted by molar-refractivity contribution is 5.91. The van der Waals surface area contributed by atoms with Crippen molar-refractivity contribution in [2.24, 2.45) is 0 Å². The minimum Gasteiger partial charge on any atom is -0.379 e. The Labute approximate surface area is 125 Å². The number of nitrogens with zero attached hydrogens (tertiary/aromatic N) is 1. The van der Waals surface area contributed by atoms with Crippen LogP contribution in [0.25, 0.3) is 6.08 Å². The minimum absolute atomic E-state index is 0.0917. The fraction of sp³-hybridized carbons (Fsp3) is 0.500. The molecule has 0 spiro atoms. The second kappa shape index (κ2) is 9.26. The third-order valence-corrected chi connectivity index (χ3v) is 3.23. The van der Waals surface area contributed by atoms with Gasteiger partial charge in [-0.15, -0.1) is 0 Å². The van der Waals surface area contributed by atoms with E-state index in [-0.39, 0.29) is 12.0 Å². The summed E-state index contributed by atoms with van der Waals surface area (Å²) in [6, 6.07) is 3.70. The number of amides is 1. The maximum atomic E-state index is 11.6. The normalized spacial score (nSPS) is 18.2. The summed E-state index contributed by atoms with van der Waals surface area (Å²) in [6.07, 6.45) is 9.99. The van der Waals surface area contributed by atoms with Crippen LogP contribution in [0.2, 0.25) is 0 Å². The number of pyridine rings is 1. The van der Waals surface area contributed by atoms with Crippen molar-refractivity contribution in [3.63, 3.8) is 0 Å². The molecule has 1 atom stereocenters. The van der Waals surface area contributed by atoms with Gasteiger partial charge in [0, 0.05) is 38.2 Å². The van der Waals surface area contributed by atoms with Gasteiger partial charge in [0.25, 0.3) is 0 Å². The zero-order chi connectivity index (χ0) is 14.8. The van der Waals surface area contributed by atoms with Gasteiger partial charge in [-0.1, -0.05) is 0 Å². The van der Waals surface area contributed by atoms with E-state index in [0.29, 0.717) is 19.8 Å². The average molecular weight is 290 g/mol. The quantitative estimate of drug-likeness (QED) is 0.586. The molecule has 2 rings (SSSR count). The minimum atomic E-state index is -0.0917. The Morgan fingerprint density at radius 2 is 2.33 bits per heavy atom. The lowest BCUT2D eigenvalue weighted by Gasteiger charge is -2.09. The van der Waals surface area contributed by atoms with Crippen molar-refractivity contribution in [1.29, 1.82) is 0 Å². The molecule has 0 aromatic carbocycles. The van der Waals surface area contributed by atoms with E-state index in [4.69, 9.17) is 9.47 Å². The third kappa shape index (κ3) is 6.51. The molecule has 1 aromatic rings. The molecule has 2 heterocycles. The number of aromatic nitrogens is 1. The molecule has 5 nitrogen and oxygen atoms in total. The summed E-state index contributed by atoms with van der Waals surface area (Å²) in [4.78, 5) is 15.5. The van der Waals surface area contributed by atoms with Crippen LogP contribution in [0.3, 0.4) is 0 Å². The molecule has 0 radical (unpaired) electrons. The van der Waals surface area contributed by atoms with Crippen molar-refractivity contribution in [3.05, 3.63) is 36.2 Å². The van der Waals surface area contributed by atoms with Crippen molar-refractivity contribution in [2.45, 2.75) is 25.4 Å². The molecule has 0 unspecified atom stereocenters. The molecule has 1 aromatic heterocycles. The molecular formula is C16H22N2O3. The number of ether oxygens (including phenoxy) is 2. The van der Waals surface area contributed by atoms with Crippen molar-refractivity contribution in [1.82, 2.24) is 10.3 Å². The summed E-state index contributed by atoms with van der Waals surface area (Å²) in [5.74, 6) is -0.0917. The lowest BCUT2D eigenvalue weighted by molar-refractivity contribution is -0.116. The van der Waals surface area contributed by atoms with E-state index in [0.717, 1.165) is 31.4 Å². The molecule has 1 amide bonds. The van der Waals surface area contributed by atoms with Crippen LogP contribution >= 0.6 is 0 Å². The van der Waals surface area contributed by atoms with E-state index >= 15 is 0 Å². The molecule has 5 heteroatoms. The van der Waals surface area contributed by atoms with Crippen LogP contribution < -0.4 is 5.32 Å². The first-order valence-electron chi connectivity index (χ1n) is 7.40. The largest absolute Gasteiger partial charge is 0.379 e. The Bertz CT molecular complexity index is 442. The third-order valence-electron chi connectivity index (χ3n) is 3.23. The first-order valence-corrected chi connectivity index (χ1v) is 7.40. The summed E-state index contributed by atoms with van der Waals surface area (Å²) in [5, 5.41) is 2.83. The highest BCUT2D eigenvalue weighted by atomic mass is 16.5. The lowest BCUT2D eigenvalue weighted by Crippen LogP contribution is -2.23. The zero-order valence-electron chi connectivity index (χ0n) is 12.2. The van der Waals surface area contributed by atoms with Gasteiger partial charge in [-0.05, 0) is 43.0 Å². The van der Waals surface area contributed by atoms with Crippen molar-refractivity contribution < 1.29 is 14.3 Å². The monoisotopic (exact) mass is 290 g/mol. The highest BCUT2D eigenvalue weighted by Gasteiger charge is 2.14. The number of nitrogens with one attached hydrogen (secondary N) is 1. The summed E-state index contributed by atoms with van der Waals surface area (Å²) in [6.45, 7) is 2.78. The molecule has 1 aliphatic heterocycles. The van der Waals surface area contributed by atoms with Crippen LogP contribution in [0.5, 0.6) is 0 Å². The number of carbonyl (C=O) groups is 1. The van der Waals surface area contributed by atoms with Gasteiger partial charge in [0.2, 0.25) is 5.91 Å². The molecule has 21 heavy (non-hydrogen) atoms. The van der Waals surface area contributed by atoms with Gasteiger partial charge in [-0.25, -0.2) is 0 Å². The van der Waals surface area contributed by atoms with Crippen LogP contribution in [0, 0.1) is 0 Å². The topological polar surface area (TPSA) is 60.5 Å². The van der Waals surface area contributed by atoms with Crippen LogP contribution in [0.15, 0.2) is 30.6 Å². The predicted molar refractivity (Wildman–Crippen MR) is 80.7 cm³/mol. The first kappa shape index (κ1) is 15.7. The summed E-state index contributed by atoms with van der Waals surface area (Å²) in [5.41, 5.74) is 0.958. The zero-order valence-corrected chi connectivity index (χ0v) is 12.2. The molecule has 1 fully saturated rings. The Morgan fingerprint density at radius 1 is 1.48 bits per heavy atom. The van der Waals surface area contributed by atoms with E-state index < -0.39 is 0 Å². The van der Waals surface area contributed by atoms with Crippen LogP contribution in [0.4, 0.5) is 0 Å². The summed E-state index contributed by atoms with van der Waals surface area (Å²) in [7, 11) is 0. The van der Waals surface area contributed by atoms with Gasteiger partial charge < -0.3 is 14.8 Å². The summed E-state index contributed by atoms with van der Waals surface area (Å²) >= 11 is 0. The second-order valence-electron chi connectivity index (χ2n) is 4.97. The Hall–Kier alpha value is -1.72. The molecular weight excluding hydrogens is 268 g/mol. The Morgan fingerprint density at radius 3 is 3.10 bits per heavy atom. The van der Waals surface area contributed by atoms with E-state index in [1.165, 1.54) is 6.08 Å². The van der Waals surface area contributed by atoms with Gasteiger partial charge in [-0.2, -0.15) is 0 Å². The smallest absolute Gasteiger partial charge is 0.244 e. The maximum Gasteiger partial charge on any atom is 0.244 e. The fourth-order valence-corrected chi connectivity index (χ4v) is 2.08. The average Bonchev–Trinajstić information content (AvgIpc) is 3.03. The number of hydrogen-bond donors (Lipinski definition) is 1. The maximum absolute atomic E-state index is 11.6. The predicted octanol–water partition coefficient (Wildman–Crippen LogP) is 1.80. The molecule has 1 aliphatic rings. The van der Waals surface area contributed by atoms with Crippen molar-refractivity contribution in [2.75, 3.05) is 26.4 Å². The van der Waals surface area contributed by atoms with Gasteiger partial charge in [0.1, 0.15) is 0 Å². The van der Waals surface area contributed by atoms with Gasteiger partial charge >= 0.3 is 0 Å². The summed E-state index contributed by atoms with van der Waals surface area (Å²) < 4.78 is 11.0. The van der Waals surface area contributed by atoms with E-state index in [1.807, 2.05) is 12.1 Å². The van der Waals surface area contributed by atoms with Gasteiger partial charge in [-0.3, -0.25) is 9.78 Å². The number of rotatable bonds is 8. The fourth-order valence-electron chi connectivity index (χ4n) is 2.08. The number of hydrogen-bond acceptors (Lipinski definition) is 4. The van der Waals surface area contributed by atoms with Crippen LogP contribution in [-0.2, 0) is 14.3 Å². The van der Waals surface area contributed by atoms with E-state index in [2.05, 4.69) is 10.3 Å². The highest BCUT2D eigenvalue weighted by Crippen LogP contribution is 2.11. The molecule has 0 saturated carbocycles. The first-order chi connectivity index (χ1) is 10.3. The Balaban J connectivity index is 1.50. The van der Waals surface area contributed by atoms with Gasteiger partial charge in [0.15, 0.2) is 0 Å². The molecule has 1 N–H and O–H groups in total. The SMILES string of the molecule is O=C(/C=C\c1ccncc1)NCCCOC[C@@H]1CCCO1. The standard InChI is InChI=1S/C16H22N2O3/c19-16(5-4-14-6-9-17-10-7-14)18-8-2-11-20-13-15-3-1-12-21-15/h4-7,9-10,15H,1-3,8,11-13H2,(H,18,19)/b5-4-/t15-/m0/s1. The Kier molecular flexibility index (Phi) is 6.91. The van der Waals surface area contributed by atoms with Gasteiger partial charge in [0.05, 0.1) is 12.7 Å². The van der Waals surface area contributed by atoms with Crippen LogP contribution in [-0.4, -0.2) is 43.4 Å².